The first-order valence-corrected chi connectivity index (χ1v) is 14.9. The molecule has 5 aliphatic rings. The summed E-state index contributed by atoms with van der Waals surface area (Å²) in [6, 6.07) is 0. The van der Waals surface area contributed by atoms with Gasteiger partial charge < -0.3 is 9.47 Å². The molecule has 34 heavy (non-hydrogen) atoms. The van der Waals surface area contributed by atoms with E-state index in [0.717, 1.165) is 48.3 Å². The van der Waals surface area contributed by atoms with E-state index in [4.69, 9.17) is 9.47 Å². The van der Waals surface area contributed by atoms with Gasteiger partial charge in [0.1, 0.15) is 5.78 Å². The van der Waals surface area contributed by atoms with Crippen molar-refractivity contribution in [1.82, 2.24) is 0 Å². The molecule has 0 aromatic rings. The summed E-state index contributed by atoms with van der Waals surface area (Å²) in [6.45, 7) is 15.6. The van der Waals surface area contributed by atoms with Crippen LogP contribution in [0.3, 0.4) is 0 Å². The minimum atomic E-state index is -0.615. The summed E-state index contributed by atoms with van der Waals surface area (Å²) in [5, 5.41) is 0. The van der Waals surface area contributed by atoms with Gasteiger partial charge in [-0.05, 0) is 104 Å². The molecule has 0 amide bonds. The zero-order valence-electron chi connectivity index (χ0n) is 23.0. The quantitative estimate of drug-likeness (QED) is 0.398. The van der Waals surface area contributed by atoms with Crippen LogP contribution in [0.1, 0.15) is 112 Å². The van der Waals surface area contributed by atoms with Crippen molar-refractivity contribution in [2.45, 2.75) is 118 Å². The molecular weight excluding hydrogens is 420 g/mol. The van der Waals surface area contributed by atoms with Gasteiger partial charge in [0.15, 0.2) is 5.79 Å². The van der Waals surface area contributed by atoms with Crippen molar-refractivity contribution in [2.75, 3.05) is 13.2 Å². The second-order valence-electron chi connectivity index (χ2n) is 14.3. The molecule has 1 saturated heterocycles. The number of fused-ring (bicyclic) bond motifs is 5. The molecule has 3 heteroatoms. The molecule has 4 aliphatic carbocycles. The van der Waals surface area contributed by atoms with E-state index in [0.29, 0.717) is 24.5 Å². The molecule has 5 fully saturated rings. The molecule has 0 N–H and O–H groups in total. The Morgan fingerprint density at radius 3 is 2.26 bits per heavy atom. The van der Waals surface area contributed by atoms with Gasteiger partial charge in [-0.2, -0.15) is 0 Å². The summed E-state index contributed by atoms with van der Waals surface area (Å²) in [4.78, 5) is 12.9. The van der Waals surface area contributed by atoms with Crippen LogP contribution in [0.25, 0.3) is 0 Å². The predicted octanol–water partition coefficient (Wildman–Crippen LogP) is 7.67. The second kappa shape index (κ2) is 9.16. The van der Waals surface area contributed by atoms with Gasteiger partial charge in [0.05, 0.1) is 19.1 Å². The van der Waals surface area contributed by atoms with Crippen molar-refractivity contribution in [2.24, 2.45) is 58.2 Å². The summed E-state index contributed by atoms with van der Waals surface area (Å²) in [5.74, 6) is 5.36. The molecule has 4 saturated carbocycles. The highest BCUT2D eigenvalue weighted by Gasteiger charge is 2.65. The van der Waals surface area contributed by atoms with Gasteiger partial charge in [-0.1, -0.05) is 53.9 Å². The average Bonchev–Trinajstić information content (AvgIpc) is 3.38. The fraction of sp³-hybridized carbons (Fsp3) is 0.968. The van der Waals surface area contributed by atoms with E-state index in [1.54, 1.807) is 6.92 Å². The molecule has 1 heterocycles. The van der Waals surface area contributed by atoms with E-state index in [2.05, 4.69) is 34.6 Å². The van der Waals surface area contributed by atoms with Crippen LogP contribution in [0.4, 0.5) is 0 Å². The van der Waals surface area contributed by atoms with Gasteiger partial charge in [-0.25, -0.2) is 0 Å². The number of carbonyl (C=O) groups excluding carboxylic acids is 1. The van der Waals surface area contributed by atoms with Gasteiger partial charge in [0.25, 0.3) is 0 Å². The van der Waals surface area contributed by atoms with Crippen LogP contribution in [0.5, 0.6) is 0 Å². The number of ketones is 1. The Balaban J connectivity index is 1.33. The molecule has 0 aromatic heterocycles. The molecule has 9 atom stereocenters. The van der Waals surface area contributed by atoms with Crippen molar-refractivity contribution in [1.29, 1.82) is 0 Å². The summed E-state index contributed by atoms with van der Waals surface area (Å²) < 4.78 is 12.4. The van der Waals surface area contributed by atoms with E-state index in [1.807, 2.05) is 0 Å². The van der Waals surface area contributed by atoms with Gasteiger partial charge in [0.2, 0.25) is 0 Å². The largest absolute Gasteiger partial charge is 0.347 e. The molecule has 5 rings (SSSR count). The third-order valence-corrected chi connectivity index (χ3v) is 12.2. The van der Waals surface area contributed by atoms with E-state index in [9.17, 15) is 4.79 Å². The van der Waals surface area contributed by atoms with Crippen molar-refractivity contribution in [3.63, 3.8) is 0 Å². The molecule has 0 aromatic carbocycles. The highest BCUT2D eigenvalue weighted by atomic mass is 16.7. The van der Waals surface area contributed by atoms with Crippen LogP contribution in [0.15, 0.2) is 0 Å². The monoisotopic (exact) mass is 472 g/mol. The molecule has 0 bridgehead atoms. The Hall–Kier alpha value is -0.410. The summed E-state index contributed by atoms with van der Waals surface area (Å²) in [5.41, 5.74) is 0.803. The van der Waals surface area contributed by atoms with E-state index >= 15 is 0 Å². The van der Waals surface area contributed by atoms with Crippen LogP contribution in [0.2, 0.25) is 0 Å². The molecular formula is C31H52O3. The minimum absolute atomic E-state index is 0.0828. The van der Waals surface area contributed by atoms with Crippen LogP contribution < -0.4 is 0 Å². The molecule has 1 aliphatic heterocycles. The molecule has 0 radical (unpaired) electrons. The van der Waals surface area contributed by atoms with Crippen LogP contribution in [0, 0.1) is 58.2 Å². The Bertz CT molecular complexity index is 754. The summed E-state index contributed by atoms with van der Waals surface area (Å²) >= 11 is 0. The fourth-order valence-corrected chi connectivity index (χ4v) is 10.5. The molecule has 3 nitrogen and oxygen atoms in total. The Morgan fingerprint density at radius 1 is 0.882 bits per heavy atom. The topological polar surface area (TPSA) is 35.5 Å². The first-order chi connectivity index (χ1) is 16.1. The molecule has 1 spiro atoms. The summed E-state index contributed by atoms with van der Waals surface area (Å²) in [7, 11) is 0. The SMILES string of the molecule is CC(=O)[C@H]1C[C@@]2(C)[C@H](CC[C@@H]3[C@@H]2CC[C@]2(C)[C@@H]([C@@H](C)CCCC(C)C)CC[C@@H]32)CC12OCCO2. The maximum Gasteiger partial charge on any atom is 0.178 e. The lowest BCUT2D eigenvalue weighted by Gasteiger charge is -2.63. The maximum atomic E-state index is 12.9. The predicted molar refractivity (Wildman–Crippen MR) is 137 cm³/mol. The van der Waals surface area contributed by atoms with Crippen molar-refractivity contribution in [3.05, 3.63) is 0 Å². The number of rotatable bonds is 6. The standard InChI is InChI=1S/C31H52O3/c1-20(2)8-7-9-21(3)25-12-13-26-24-11-10-23-18-31(33-16-17-34-31)28(22(4)32)19-30(23,6)27(24)14-15-29(25,26)5/h20-21,23-28H,7-19H2,1-6H3/t21-,23+,24-,25+,26-,27-,28+,29+,30-/m0/s1. The molecule has 0 unspecified atom stereocenters. The summed E-state index contributed by atoms with van der Waals surface area (Å²) in [6.07, 6.45) is 14.5. The number of Topliss-reactive ketones (excluding diaryl/α,β-unsaturated/α-hetero) is 1. The highest BCUT2D eigenvalue weighted by Crippen LogP contribution is 2.69. The van der Waals surface area contributed by atoms with Crippen LogP contribution in [-0.2, 0) is 14.3 Å². The fourth-order valence-electron chi connectivity index (χ4n) is 10.5. The van der Waals surface area contributed by atoms with Crippen LogP contribution >= 0.6 is 0 Å². The number of hydrogen-bond acceptors (Lipinski definition) is 3. The lowest BCUT2D eigenvalue weighted by Crippen LogP contribution is -2.60. The van der Waals surface area contributed by atoms with E-state index in [-0.39, 0.29) is 17.1 Å². The minimum Gasteiger partial charge on any atom is -0.347 e. The average molecular weight is 473 g/mol. The first-order valence-electron chi connectivity index (χ1n) is 14.9. The van der Waals surface area contributed by atoms with Crippen molar-refractivity contribution in [3.8, 4) is 0 Å². The number of carbonyl (C=O) groups is 1. The van der Waals surface area contributed by atoms with Crippen molar-refractivity contribution < 1.29 is 14.3 Å². The van der Waals surface area contributed by atoms with Gasteiger partial charge in [0, 0.05) is 6.42 Å². The second-order valence-corrected chi connectivity index (χ2v) is 14.3. The number of ether oxygens (including phenoxy) is 2. The zero-order chi connectivity index (χ0) is 24.3. The molecule has 194 valence electrons. The Labute approximate surface area is 209 Å². The lowest BCUT2D eigenvalue weighted by atomic mass is 9.43. The Morgan fingerprint density at radius 2 is 1.59 bits per heavy atom. The van der Waals surface area contributed by atoms with Gasteiger partial charge in [-0.15, -0.1) is 0 Å². The van der Waals surface area contributed by atoms with Crippen molar-refractivity contribution >= 4 is 5.78 Å². The first kappa shape index (κ1) is 25.2. The van der Waals surface area contributed by atoms with Gasteiger partial charge >= 0.3 is 0 Å². The maximum absolute atomic E-state index is 12.9. The third kappa shape index (κ3) is 3.94. The van der Waals surface area contributed by atoms with E-state index < -0.39 is 5.79 Å². The van der Waals surface area contributed by atoms with Crippen LogP contribution in [-0.4, -0.2) is 24.8 Å². The van der Waals surface area contributed by atoms with E-state index in [1.165, 1.54) is 57.8 Å². The Kier molecular flexibility index (Phi) is 6.80. The highest BCUT2D eigenvalue weighted by molar-refractivity contribution is 5.79. The lowest BCUT2D eigenvalue weighted by molar-refractivity contribution is -0.255. The number of hydrogen-bond donors (Lipinski definition) is 0. The normalized spacial score (nSPS) is 46.2. The third-order valence-electron chi connectivity index (χ3n) is 12.2. The zero-order valence-corrected chi connectivity index (χ0v) is 23.0. The smallest absolute Gasteiger partial charge is 0.178 e. The van der Waals surface area contributed by atoms with Gasteiger partial charge in [-0.3, -0.25) is 4.79 Å².